The van der Waals surface area contributed by atoms with Gasteiger partial charge in [0.2, 0.25) is 5.91 Å². The van der Waals surface area contributed by atoms with E-state index in [0.717, 1.165) is 12.8 Å². The second kappa shape index (κ2) is 5.80. The summed E-state index contributed by atoms with van der Waals surface area (Å²) in [4.78, 5) is 12.4. The highest BCUT2D eigenvalue weighted by Crippen LogP contribution is 2.44. The number of carbonyl (C=O) groups is 1. The number of aliphatic hydroxyl groups excluding tert-OH is 1. The Balaban J connectivity index is 2.67. The molecule has 3 atom stereocenters. The van der Waals surface area contributed by atoms with Crippen LogP contribution >= 0.6 is 0 Å². The fourth-order valence-corrected chi connectivity index (χ4v) is 2.82. The third-order valence-electron chi connectivity index (χ3n) is 4.99. The predicted molar refractivity (Wildman–Crippen MR) is 77.5 cm³/mol. The molecule has 0 aromatic rings. The molecule has 0 heterocycles. The Bertz CT molecular complexity index is 326. The molecule has 4 heteroatoms. The predicted octanol–water partition coefficient (Wildman–Crippen LogP) is 1.52. The smallest absolute Gasteiger partial charge is 0.223 e. The van der Waals surface area contributed by atoms with Crippen LogP contribution in [0.4, 0.5) is 0 Å². The summed E-state index contributed by atoms with van der Waals surface area (Å²) in [6.07, 6.45) is 1.76. The molecule has 4 N–H and O–H groups in total. The molecule has 1 saturated carbocycles. The number of aliphatic hydroxyl groups is 1. The highest BCUT2D eigenvalue weighted by atomic mass is 16.3. The number of amides is 1. The highest BCUT2D eigenvalue weighted by Gasteiger charge is 2.45. The number of hydrogen-bond acceptors (Lipinski definition) is 3. The van der Waals surface area contributed by atoms with Crippen LogP contribution < -0.4 is 11.1 Å². The van der Waals surface area contributed by atoms with Crippen LogP contribution in [0.3, 0.4) is 0 Å². The second-order valence-corrected chi connectivity index (χ2v) is 7.44. The van der Waals surface area contributed by atoms with Crippen LogP contribution in [0.25, 0.3) is 0 Å². The molecular formula is C15H30N2O2. The largest absolute Gasteiger partial charge is 0.396 e. The van der Waals surface area contributed by atoms with E-state index in [9.17, 15) is 9.90 Å². The maximum atomic E-state index is 12.4. The Kier molecular flexibility index (Phi) is 5.02. The molecular weight excluding hydrogens is 240 g/mol. The van der Waals surface area contributed by atoms with Crippen LogP contribution in [0.15, 0.2) is 0 Å². The minimum absolute atomic E-state index is 0.0109. The molecule has 0 spiro atoms. The quantitative estimate of drug-likeness (QED) is 0.725. The van der Waals surface area contributed by atoms with Gasteiger partial charge < -0.3 is 16.2 Å². The van der Waals surface area contributed by atoms with Gasteiger partial charge in [-0.3, -0.25) is 4.79 Å². The molecule has 1 aliphatic carbocycles. The third kappa shape index (κ3) is 3.69. The van der Waals surface area contributed by atoms with E-state index in [1.54, 1.807) is 0 Å². The molecule has 0 radical (unpaired) electrons. The van der Waals surface area contributed by atoms with Crippen molar-refractivity contribution in [3.8, 4) is 0 Å². The lowest BCUT2D eigenvalue weighted by Crippen LogP contribution is -2.52. The summed E-state index contributed by atoms with van der Waals surface area (Å²) in [5.41, 5.74) is 5.77. The van der Waals surface area contributed by atoms with Crippen LogP contribution in [0.1, 0.15) is 47.5 Å². The van der Waals surface area contributed by atoms with Crippen molar-refractivity contribution in [1.29, 1.82) is 0 Å². The monoisotopic (exact) mass is 270 g/mol. The van der Waals surface area contributed by atoms with E-state index in [2.05, 4.69) is 26.1 Å². The zero-order valence-corrected chi connectivity index (χ0v) is 13.0. The Morgan fingerprint density at radius 2 is 2.00 bits per heavy atom. The lowest BCUT2D eigenvalue weighted by Gasteiger charge is -2.46. The molecule has 3 unspecified atom stereocenters. The third-order valence-corrected chi connectivity index (χ3v) is 4.99. The van der Waals surface area contributed by atoms with Crippen molar-refractivity contribution in [1.82, 2.24) is 5.32 Å². The van der Waals surface area contributed by atoms with E-state index < -0.39 is 0 Å². The van der Waals surface area contributed by atoms with Crippen molar-refractivity contribution in [2.75, 3.05) is 13.2 Å². The van der Waals surface area contributed by atoms with Crippen LogP contribution in [0.2, 0.25) is 0 Å². The van der Waals surface area contributed by atoms with Gasteiger partial charge in [-0.2, -0.15) is 0 Å². The summed E-state index contributed by atoms with van der Waals surface area (Å²) in [7, 11) is 0. The maximum absolute atomic E-state index is 12.4. The molecule has 1 rings (SSSR count). The van der Waals surface area contributed by atoms with Crippen molar-refractivity contribution in [2.24, 2.45) is 28.4 Å². The van der Waals surface area contributed by atoms with Crippen molar-refractivity contribution >= 4 is 5.91 Å². The SMILES string of the molecule is CC1C(N)CCC(C(=O)NCC(C)(C)CO)C1(C)C. The molecule has 0 aliphatic heterocycles. The number of carbonyl (C=O) groups excluding carboxylic acids is 1. The summed E-state index contributed by atoms with van der Waals surface area (Å²) < 4.78 is 0. The zero-order valence-electron chi connectivity index (χ0n) is 13.0. The van der Waals surface area contributed by atoms with E-state index in [1.807, 2.05) is 13.8 Å². The Labute approximate surface area is 117 Å². The minimum Gasteiger partial charge on any atom is -0.396 e. The van der Waals surface area contributed by atoms with Gasteiger partial charge in [0.05, 0.1) is 0 Å². The molecule has 0 aromatic heterocycles. The molecule has 0 bridgehead atoms. The molecule has 4 nitrogen and oxygen atoms in total. The van der Waals surface area contributed by atoms with Gasteiger partial charge in [-0.05, 0) is 24.2 Å². The van der Waals surface area contributed by atoms with E-state index in [4.69, 9.17) is 5.73 Å². The van der Waals surface area contributed by atoms with Crippen LogP contribution in [-0.2, 0) is 4.79 Å². The summed E-state index contributed by atoms with van der Waals surface area (Å²) in [5, 5.41) is 12.2. The van der Waals surface area contributed by atoms with Crippen molar-refractivity contribution in [3.05, 3.63) is 0 Å². The fourth-order valence-electron chi connectivity index (χ4n) is 2.82. The maximum Gasteiger partial charge on any atom is 0.223 e. The van der Waals surface area contributed by atoms with Crippen molar-refractivity contribution in [3.63, 3.8) is 0 Å². The summed E-state index contributed by atoms with van der Waals surface area (Å²) >= 11 is 0. The number of hydrogen-bond donors (Lipinski definition) is 3. The minimum atomic E-state index is -0.267. The normalized spacial score (nSPS) is 31.0. The van der Waals surface area contributed by atoms with E-state index in [-0.39, 0.29) is 35.3 Å². The highest BCUT2D eigenvalue weighted by molar-refractivity contribution is 5.79. The average molecular weight is 270 g/mol. The topological polar surface area (TPSA) is 75.4 Å². The van der Waals surface area contributed by atoms with Gasteiger partial charge in [-0.1, -0.05) is 34.6 Å². The van der Waals surface area contributed by atoms with E-state index >= 15 is 0 Å². The first-order chi connectivity index (χ1) is 8.62. The van der Waals surface area contributed by atoms with Crippen LogP contribution in [0.5, 0.6) is 0 Å². The number of nitrogens with two attached hydrogens (primary N) is 1. The number of rotatable bonds is 4. The lowest BCUT2D eigenvalue weighted by molar-refractivity contribution is -0.133. The van der Waals surface area contributed by atoms with Crippen molar-refractivity contribution in [2.45, 2.75) is 53.5 Å². The van der Waals surface area contributed by atoms with E-state index in [0.29, 0.717) is 12.5 Å². The standard InChI is InChI=1S/C15H30N2O2/c1-10-12(16)7-6-11(15(10,4)5)13(19)17-8-14(2,3)9-18/h10-12,18H,6-9,16H2,1-5H3,(H,17,19). The first-order valence-electron chi connectivity index (χ1n) is 7.26. The van der Waals surface area contributed by atoms with Crippen molar-refractivity contribution < 1.29 is 9.90 Å². The number of nitrogens with one attached hydrogen (secondary N) is 1. The molecule has 0 saturated heterocycles. The van der Waals surface area contributed by atoms with Crippen LogP contribution in [0, 0.1) is 22.7 Å². The Morgan fingerprint density at radius 3 is 2.53 bits per heavy atom. The molecule has 1 amide bonds. The summed E-state index contributed by atoms with van der Waals surface area (Å²) in [6.45, 7) is 10.9. The second-order valence-electron chi connectivity index (χ2n) is 7.44. The molecule has 0 aromatic carbocycles. The van der Waals surface area contributed by atoms with Gasteiger partial charge in [0.25, 0.3) is 0 Å². The molecule has 112 valence electrons. The van der Waals surface area contributed by atoms with Gasteiger partial charge >= 0.3 is 0 Å². The van der Waals surface area contributed by atoms with Gasteiger partial charge in [-0.15, -0.1) is 0 Å². The van der Waals surface area contributed by atoms with Gasteiger partial charge in [-0.25, -0.2) is 0 Å². The van der Waals surface area contributed by atoms with Crippen LogP contribution in [-0.4, -0.2) is 30.2 Å². The lowest BCUT2D eigenvalue weighted by atomic mass is 9.61. The summed E-state index contributed by atoms with van der Waals surface area (Å²) in [5.74, 6) is 0.449. The Morgan fingerprint density at radius 1 is 1.42 bits per heavy atom. The zero-order chi connectivity index (χ0) is 14.8. The molecule has 1 fully saturated rings. The van der Waals surface area contributed by atoms with Gasteiger partial charge in [0.15, 0.2) is 0 Å². The van der Waals surface area contributed by atoms with Gasteiger partial charge in [0, 0.05) is 30.5 Å². The average Bonchev–Trinajstić information content (AvgIpc) is 2.33. The fraction of sp³-hybridized carbons (Fsp3) is 0.933. The molecule has 19 heavy (non-hydrogen) atoms. The molecule has 1 aliphatic rings. The summed E-state index contributed by atoms with van der Waals surface area (Å²) in [6, 6.07) is 0.188. The first kappa shape index (κ1) is 16.4. The van der Waals surface area contributed by atoms with Gasteiger partial charge in [0.1, 0.15) is 0 Å². The Hall–Kier alpha value is -0.610. The first-order valence-corrected chi connectivity index (χ1v) is 7.26. The van der Waals surface area contributed by atoms with E-state index in [1.165, 1.54) is 0 Å².